The van der Waals surface area contributed by atoms with E-state index in [0.717, 1.165) is 0 Å². The van der Waals surface area contributed by atoms with E-state index >= 15 is 0 Å². The van der Waals surface area contributed by atoms with Crippen molar-refractivity contribution >= 4 is 0 Å². The molecule has 2 heterocycles. The highest BCUT2D eigenvalue weighted by Crippen LogP contribution is 2.11. The van der Waals surface area contributed by atoms with Gasteiger partial charge in [0.2, 0.25) is 12.3 Å². The molecule has 2 aromatic heterocycles. The van der Waals surface area contributed by atoms with Gasteiger partial charge in [-0.2, -0.15) is 0 Å². The molecule has 0 N–H and O–H groups in total. The molecule has 0 fully saturated rings. The summed E-state index contributed by atoms with van der Waals surface area (Å²) in [6.07, 6.45) is 5.64. The van der Waals surface area contributed by atoms with Crippen molar-refractivity contribution < 1.29 is 4.42 Å². The van der Waals surface area contributed by atoms with E-state index in [1.165, 1.54) is 6.39 Å². The Morgan fingerprint density at radius 1 is 1.45 bits per heavy atom. The van der Waals surface area contributed by atoms with E-state index in [-0.39, 0.29) is 0 Å². The molecule has 53 valence electrons. The summed E-state index contributed by atoms with van der Waals surface area (Å²) in [6.45, 7) is 0. The van der Waals surface area contributed by atoms with Crippen LogP contribution in [0.15, 0.2) is 29.1 Å². The molecule has 0 saturated carbocycles. The van der Waals surface area contributed by atoms with Crippen LogP contribution in [0.3, 0.4) is 0 Å². The highest BCUT2D eigenvalue weighted by atomic mass is 16.4. The molecule has 0 spiro atoms. The molecule has 0 aromatic carbocycles. The van der Waals surface area contributed by atoms with E-state index in [9.17, 15) is 0 Å². The molecule has 0 bridgehead atoms. The number of nitrogens with zero attached hydrogens (tertiary/aromatic N) is 3. The van der Waals surface area contributed by atoms with Crippen molar-refractivity contribution in [2.45, 2.75) is 0 Å². The summed E-state index contributed by atoms with van der Waals surface area (Å²) in [5.41, 5.74) is 0.713. The summed E-state index contributed by atoms with van der Waals surface area (Å²) >= 11 is 0. The molecule has 11 heavy (non-hydrogen) atoms. The second-order valence-corrected chi connectivity index (χ2v) is 1.91. The zero-order valence-corrected chi connectivity index (χ0v) is 5.56. The van der Waals surface area contributed by atoms with Gasteiger partial charge in [-0.15, -0.1) is 10.2 Å². The van der Waals surface area contributed by atoms with Gasteiger partial charge in [0.15, 0.2) is 0 Å². The fourth-order valence-electron chi connectivity index (χ4n) is 0.736. The third-order valence-electron chi connectivity index (χ3n) is 1.20. The minimum Gasteiger partial charge on any atom is -0.423 e. The molecular formula is C7H4N3O. The van der Waals surface area contributed by atoms with Gasteiger partial charge < -0.3 is 4.42 Å². The van der Waals surface area contributed by atoms with Crippen molar-refractivity contribution in [1.29, 1.82) is 0 Å². The van der Waals surface area contributed by atoms with Crippen LogP contribution >= 0.6 is 0 Å². The maximum Gasteiger partial charge on any atom is 0.249 e. The molecule has 0 unspecified atom stereocenters. The van der Waals surface area contributed by atoms with Crippen molar-refractivity contribution in [3.05, 3.63) is 30.9 Å². The number of hydrogen-bond donors (Lipinski definition) is 0. The smallest absolute Gasteiger partial charge is 0.249 e. The van der Waals surface area contributed by atoms with E-state index in [2.05, 4.69) is 21.4 Å². The third kappa shape index (κ3) is 1.10. The van der Waals surface area contributed by atoms with E-state index in [0.29, 0.717) is 11.5 Å². The van der Waals surface area contributed by atoms with Crippen LogP contribution in [0, 0.1) is 6.20 Å². The summed E-state index contributed by atoms with van der Waals surface area (Å²) in [4.78, 5) is 3.79. The van der Waals surface area contributed by atoms with Gasteiger partial charge in [0, 0.05) is 6.20 Å². The van der Waals surface area contributed by atoms with Gasteiger partial charge in [0.05, 0.1) is 5.56 Å². The Hall–Kier alpha value is -1.71. The Balaban J connectivity index is 2.46. The van der Waals surface area contributed by atoms with Crippen LogP contribution < -0.4 is 0 Å². The Morgan fingerprint density at radius 3 is 3.09 bits per heavy atom. The first-order chi connectivity index (χ1) is 5.47. The predicted octanol–water partition coefficient (Wildman–Crippen LogP) is 0.932. The zero-order chi connectivity index (χ0) is 7.52. The monoisotopic (exact) mass is 146 g/mol. The average Bonchev–Trinajstić information content (AvgIpc) is 2.58. The van der Waals surface area contributed by atoms with Gasteiger partial charge in [-0.25, -0.2) is 0 Å². The van der Waals surface area contributed by atoms with Crippen LogP contribution in [0.1, 0.15) is 0 Å². The van der Waals surface area contributed by atoms with Crippen molar-refractivity contribution in [3.8, 4) is 11.5 Å². The Labute approximate surface area is 62.9 Å². The maximum absolute atomic E-state index is 4.93. The lowest BCUT2D eigenvalue weighted by atomic mass is 10.3. The molecule has 0 aliphatic carbocycles. The number of pyridine rings is 1. The summed E-state index contributed by atoms with van der Waals surface area (Å²) in [6, 6.07) is 3.59. The topological polar surface area (TPSA) is 51.8 Å². The Bertz CT molecular complexity index is 317. The van der Waals surface area contributed by atoms with Gasteiger partial charge in [-0.3, -0.25) is 4.98 Å². The van der Waals surface area contributed by atoms with Gasteiger partial charge in [0.1, 0.15) is 6.20 Å². The minimum atomic E-state index is 0.443. The van der Waals surface area contributed by atoms with Crippen LogP contribution in [0.25, 0.3) is 11.5 Å². The SMILES string of the molecule is [c]1ncccc1-c1nnco1. The van der Waals surface area contributed by atoms with E-state index in [4.69, 9.17) is 4.42 Å². The average molecular weight is 146 g/mol. The minimum absolute atomic E-state index is 0.443. The zero-order valence-electron chi connectivity index (χ0n) is 5.56. The third-order valence-corrected chi connectivity index (χ3v) is 1.20. The largest absolute Gasteiger partial charge is 0.423 e. The Morgan fingerprint density at radius 2 is 2.45 bits per heavy atom. The summed E-state index contributed by atoms with van der Waals surface area (Å²) in [5.74, 6) is 0.443. The van der Waals surface area contributed by atoms with Crippen LogP contribution in [-0.4, -0.2) is 15.2 Å². The molecule has 4 heteroatoms. The highest BCUT2D eigenvalue weighted by molar-refractivity contribution is 5.48. The lowest BCUT2D eigenvalue weighted by molar-refractivity contribution is 0.568. The lowest BCUT2D eigenvalue weighted by Gasteiger charge is -1.88. The van der Waals surface area contributed by atoms with Crippen molar-refractivity contribution in [2.75, 3.05) is 0 Å². The molecule has 1 radical (unpaired) electrons. The van der Waals surface area contributed by atoms with Crippen molar-refractivity contribution in [3.63, 3.8) is 0 Å². The number of aromatic nitrogens is 3. The Kier molecular flexibility index (Phi) is 1.37. The lowest BCUT2D eigenvalue weighted by Crippen LogP contribution is -1.78. The first kappa shape index (κ1) is 6.03. The van der Waals surface area contributed by atoms with Gasteiger partial charge >= 0.3 is 0 Å². The van der Waals surface area contributed by atoms with Crippen molar-refractivity contribution in [1.82, 2.24) is 15.2 Å². The molecule has 2 aromatic rings. The maximum atomic E-state index is 4.93. The fraction of sp³-hybridized carbons (Fsp3) is 0. The van der Waals surface area contributed by atoms with Crippen molar-refractivity contribution in [2.24, 2.45) is 0 Å². The quantitative estimate of drug-likeness (QED) is 0.600. The van der Waals surface area contributed by atoms with Gasteiger partial charge in [-0.1, -0.05) is 0 Å². The van der Waals surface area contributed by atoms with E-state index < -0.39 is 0 Å². The van der Waals surface area contributed by atoms with E-state index in [1.807, 2.05) is 0 Å². The van der Waals surface area contributed by atoms with Crippen LogP contribution in [-0.2, 0) is 0 Å². The highest BCUT2D eigenvalue weighted by Gasteiger charge is 2.00. The van der Waals surface area contributed by atoms with Gasteiger partial charge in [0.25, 0.3) is 0 Å². The van der Waals surface area contributed by atoms with Crippen LogP contribution in [0.2, 0.25) is 0 Å². The molecule has 2 rings (SSSR count). The second kappa shape index (κ2) is 2.49. The van der Waals surface area contributed by atoms with Gasteiger partial charge in [-0.05, 0) is 12.1 Å². The molecular weight excluding hydrogens is 142 g/mol. The molecule has 0 aliphatic rings. The summed E-state index contributed by atoms with van der Waals surface area (Å²) in [5, 5.41) is 7.23. The molecule has 0 saturated heterocycles. The predicted molar refractivity (Wildman–Crippen MR) is 36.4 cm³/mol. The van der Waals surface area contributed by atoms with E-state index in [1.54, 1.807) is 18.3 Å². The van der Waals surface area contributed by atoms with Crippen LogP contribution in [0.5, 0.6) is 0 Å². The second-order valence-electron chi connectivity index (χ2n) is 1.91. The summed E-state index contributed by atoms with van der Waals surface area (Å²) in [7, 11) is 0. The van der Waals surface area contributed by atoms with Crippen LogP contribution in [0.4, 0.5) is 0 Å². The summed E-state index contributed by atoms with van der Waals surface area (Å²) < 4.78 is 4.93. The standard InChI is InChI=1S/C7H4N3O/c1-2-6(4-8-3-1)7-10-9-5-11-7/h1-3,5H. The molecule has 0 atom stereocenters. The normalized spacial score (nSPS) is 9.82. The number of rotatable bonds is 1. The molecule has 4 nitrogen and oxygen atoms in total. The first-order valence-corrected chi connectivity index (χ1v) is 3.06. The first-order valence-electron chi connectivity index (χ1n) is 3.06. The molecule has 0 amide bonds. The number of hydrogen-bond acceptors (Lipinski definition) is 4. The molecule has 0 aliphatic heterocycles. The fourth-order valence-corrected chi connectivity index (χ4v) is 0.736.